The quantitative estimate of drug-likeness (QED) is 0.0922. The molecule has 3 aromatic rings. The Morgan fingerprint density at radius 1 is 1.02 bits per heavy atom. The minimum atomic E-state index is -0.716. The highest BCUT2D eigenvalue weighted by molar-refractivity contribution is 8.26. The molecule has 1 N–H and O–H groups in total. The molecule has 228 valence electrons. The average molecular weight is 620 g/mol. The zero-order valence-corrected chi connectivity index (χ0v) is 26.7. The topological polar surface area (TPSA) is 84.7 Å². The van der Waals surface area contributed by atoms with Gasteiger partial charge < -0.3 is 9.84 Å². The summed E-state index contributed by atoms with van der Waals surface area (Å²) in [6, 6.07) is 16.0. The molecule has 0 aliphatic carbocycles. The molecule has 2 heterocycles. The normalized spacial score (nSPS) is 14.2. The number of thiocarbonyl (C=S) groups is 1. The van der Waals surface area contributed by atoms with Gasteiger partial charge in [-0.2, -0.15) is 5.10 Å². The molecule has 1 saturated heterocycles. The summed E-state index contributed by atoms with van der Waals surface area (Å²) >= 11 is 6.97. The maximum atomic E-state index is 13.4. The number of ether oxygens (including phenoxy) is 1. The van der Waals surface area contributed by atoms with Crippen LogP contribution >= 0.6 is 24.0 Å². The van der Waals surface area contributed by atoms with Crippen LogP contribution in [0.1, 0.15) is 82.3 Å². The van der Waals surface area contributed by atoms with Gasteiger partial charge in [-0.3, -0.25) is 14.5 Å². The fraction of sp³-hybridized carbons (Fsp3) is 0.412. The van der Waals surface area contributed by atoms with Crippen LogP contribution in [0.4, 0.5) is 0 Å². The second-order valence-electron chi connectivity index (χ2n) is 10.8. The van der Waals surface area contributed by atoms with Gasteiger partial charge in [-0.1, -0.05) is 87.6 Å². The van der Waals surface area contributed by atoms with Crippen LogP contribution in [-0.4, -0.2) is 49.1 Å². The predicted octanol–water partition coefficient (Wildman–Crippen LogP) is 8.43. The first-order valence-electron chi connectivity index (χ1n) is 15.2. The van der Waals surface area contributed by atoms with Gasteiger partial charge in [0.1, 0.15) is 15.8 Å². The molecule has 1 aromatic heterocycles. The number of amides is 1. The molecule has 4 rings (SSSR count). The number of aliphatic carboxylic acids is 1. The molecule has 1 aliphatic rings. The van der Waals surface area contributed by atoms with E-state index in [9.17, 15) is 9.59 Å². The SMILES string of the molecule is CCCOc1ccc(-c2nn(-c3ccccc3)cc2C=C2SC(=S)N(CCCCCCCCCCC(=O)O)C2=O)c(C)c1. The minimum Gasteiger partial charge on any atom is -0.494 e. The molecular weight excluding hydrogens is 579 g/mol. The molecule has 43 heavy (non-hydrogen) atoms. The van der Waals surface area contributed by atoms with E-state index in [4.69, 9.17) is 27.2 Å². The van der Waals surface area contributed by atoms with Crippen molar-refractivity contribution < 1.29 is 19.4 Å². The molecule has 2 aromatic carbocycles. The predicted molar refractivity (Wildman–Crippen MR) is 179 cm³/mol. The number of rotatable bonds is 17. The number of carbonyl (C=O) groups excluding carboxylic acids is 1. The van der Waals surface area contributed by atoms with Gasteiger partial charge in [0.15, 0.2) is 0 Å². The van der Waals surface area contributed by atoms with Gasteiger partial charge in [0.2, 0.25) is 0 Å². The van der Waals surface area contributed by atoms with E-state index in [1.54, 1.807) is 4.90 Å². The molecular formula is C34H41N3O4S2. The number of unbranched alkanes of at least 4 members (excludes halogenated alkanes) is 7. The van der Waals surface area contributed by atoms with Crippen LogP contribution in [0.3, 0.4) is 0 Å². The molecule has 0 atom stereocenters. The van der Waals surface area contributed by atoms with Crippen LogP contribution in [0.15, 0.2) is 59.6 Å². The highest BCUT2D eigenvalue weighted by Crippen LogP contribution is 2.36. The van der Waals surface area contributed by atoms with Crippen molar-refractivity contribution in [2.75, 3.05) is 13.2 Å². The number of carbonyl (C=O) groups is 2. The number of carboxylic acid groups (broad SMARTS) is 1. The van der Waals surface area contributed by atoms with Gasteiger partial charge in [-0.15, -0.1) is 0 Å². The summed E-state index contributed by atoms with van der Waals surface area (Å²) < 4.78 is 8.29. The molecule has 0 unspecified atom stereocenters. The van der Waals surface area contributed by atoms with E-state index in [0.29, 0.717) is 22.4 Å². The lowest BCUT2D eigenvalue weighted by molar-refractivity contribution is -0.137. The van der Waals surface area contributed by atoms with Gasteiger partial charge in [0.25, 0.3) is 5.91 Å². The molecule has 7 nitrogen and oxygen atoms in total. The number of para-hydroxylation sites is 1. The molecule has 0 saturated carbocycles. The van der Waals surface area contributed by atoms with E-state index in [0.717, 1.165) is 91.6 Å². The largest absolute Gasteiger partial charge is 0.494 e. The monoisotopic (exact) mass is 619 g/mol. The second-order valence-corrected chi connectivity index (χ2v) is 12.5. The average Bonchev–Trinajstić information content (AvgIpc) is 3.53. The van der Waals surface area contributed by atoms with Crippen molar-refractivity contribution in [1.82, 2.24) is 14.7 Å². The van der Waals surface area contributed by atoms with Crippen molar-refractivity contribution in [1.29, 1.82) is 0 Å². The third-order valence-corrected chi connectivity index (χ3v) is 8.75. The van der Waals surface area contributed by atoms with Crippen LogP contribution < -0.4 is 4.74 Å². The van der Waals surface area contributed by atoms with Gasteiger partial charge >= 0.3 is 5.97 Å². The van der Waals surface area contributed by atoms with Gasteiger partial charge in [0, 0.05) is 30.3 Å². The van der Waals surface area contributed by atoms with E-state index in [2.05, 4.69) is 13.8 Å². The van der Waals surface area contributed by atoms with Crippen LogP contribution in [0.25, 0.3) is 23.0 Å². The number of aromatic nitrogens is 2. The lowest BCUT2D eigenvalue weighted by Crippen LogP contribution is -2.29. The van der Waals surface area contributed by atoms with Crippen LogP contribution in [0, 0.1) is 6.92 Å². The Morgan fingerprint density at radius 3 is 2.40 bits per heavy atom. The molecule has 0 spiro atoms. The second kappa shape index (κ2) is 16.4. The van der Waals surface area contributed by atoms with Crippen molar-refractivity contribution in [3.8, 4) is 22.7 Å². The number of thioether (sulfide) groups is 1. The highest BCUT2D eigenvalue weighted by Gasteiger charge is 2.32. The third-order valence-electron chi connectivity index (χ3n) is 7.37. The summed E-state index contributed by atoms with van der Waals surface area (Å²) in [6.45, 7) is 5.43. The Kier molecular flexibility index (Phi) is 12.4. The summed E-state index contributed by atoms with van der Waals surface area (Å²) in [5.41, 5.74) is 4.64. The number of hydrogen-bond acceptors (Lipinski definition) is 6. The van der Waals surface area contributed by atoms with Crippen molar-refractivity contribution in [3.63, 3.8) is 0 Å². The van der Waals surface area contributed by atoms with Gasteiger partial charge in [-0.25, -0.2) is 4.68 Å². The number of aryl methyl sites for hydroxylation is 1. The first-order valence-corrected chi connectivity index (χ1v) is 16.5. The highest BCUT2D eigenvalue weighted by atomic mass is 32.2. The van der Waals surface area contributed by atoms with Gasteiger partial charge in [-0.05, 0) is 68.2 Å². The lowest BCUT2D eigenvalue weighted by Gasteiger charge is -2.14. The van der Waals surface area contributed by atoms with E-state index in [1.165, 1.54) is 11.8 Å². The molecule has 0 bridgehead atoms. The minimum absolute atomic E-state index is 0.0492. The lowest BCUT2D eigenvalue weighted by atomic mass is 10.0. The van der Waals surface area contributed by atoms with E-state index in [-0.39, 0.29) is 12.3 Å². The molecule has 1 amide bonds. The fourth-order valence-corrected chi connectivity index (χ4v) is 6.37. The van der Waals surface area contributed by atoms with E-state index < -0.39 is 5.97 Å². The summed E-state index contributed by atoms with van der Waals surface area (Å²) in [5.74, 6) is 0.0713. The summed E-state index contributed by atoms with van der Waals surface area (Å²) in [5, 5.41) is 13.7. The fourth-order valence-electron chi connectivity index (χ4n) is 5.07. The molecule has 9 heteroatoms. The zero-order chi connectivity index (χ0) is 30.6. The summed E-state index contributed by atoms with van der Waals surface area (Å²) in [6.07, 6.45) is 13.2. The van der Waals surface area contributed by atoms with Crippen LogP contribution in [0.5, 0.6) is 5.75 Å². The Morgan fingerprint density at radius 2 is 1.72 bits per heavy atom. The van der Waals surface area contributed by atoms with Gasteiger partial charge in [0.05, 0.1) is 17.2 Å². The van der Waals surface area contributed by atoms with Crippen molar-refractivity contribution in [2.45, 2.75) is 78.1 Å². The maximum Gasteiger partial charge on any atom is 0.303 e. The van der Waals surface area contributed by atoms with Crippen LogP contribution in [-0.2, 0) is 9.59 Å². The molecule has 1 fully saturated rings. The number of hydrogen-bond donors (Lipinski definition) is 1. The van der Waals surface area contributed by atoms with Crippen molar-refractivity contribution >= 4 is 46.3 Å². The maximum absolute atomic E-state index is 13.4. The Bertz CT molecular complexity index is 1430. The van der Waals surface area contributed by atoms with E-state index in [1.807, 2.05) is 65.5 Å². The first-order chi connectivity index (χ1) is 20.9. The Hall–Kier alpha value is -3.43. The van der Waals surface area contributed by atoms with E-state index >= 15 is 0 Å². The molecule has 1 aliphatic heterocycles. The Labute approximate surface area is 264 Å². The first kappa shape index (κ1) is 32.5. The Balaban J connectivity index is 1.43. The number of nitrogens with zero attached hydrogens (tertiary/aromatic N) is 3. The zero-order valence-electron chi connectivity index (χ0n) is 25.1. The summed E-state index contributed by atoms with van der Waals surface area (Å²) in [4.78, 5) is 26.4. The van der Waals surface area contributed by atoms with Crippen LogP contribution in [0.2, 0.25) is 0 Å². The number of carboxylic acids is 1. The number of benzene rings is 2. The summed E-state index contributed by atoms with van der Waals surface area (Å²) in [7, 11) is 0. The van der Waals surface area contributed by atoms with Crippen molar-refractivity contribution in [2.24, 2.45) is 0 Å². The molecule has 0 radical (unpaired) electrons. The third kappa shape index (κ3) is 9.28. The standard InChI is InChI=1S/C34H41N3O4S2/c1-3-21-41-28-18-19-29(25(2)22-28)32-26(24-37(35-32)27-15-11-10-12-16-27)23-30-33(40)36(34(42)43-30)20-14-9-7-5-4-6-8-13-17-31(38)39/h10-12,15-16,18-19,22-24H,3-9,13-14,17,20-21H2,1-2H3,(H,38,39). The smallest absolute Gasteiger partial charge is 0.303 e. The van der Waals surface area contributed by atoms with Crippen molar-refractivity contribution in [3.05, 3.63) is 70.8 Å².